The molecule has 4 rings (SSSR count). The molecule has 0 bridgehead atoms. The third-order valence-electron chi connectivity index (χ3n) is 7.65. The van der Waals surface area contributed by atoms with Crippen LogP contribution in [0.1, 0.15) is 43.7 Å². The Morgan fingerprint density at radius 3 is 2.33 bits per heavy atom. The van der Waals surface area contributed by atoms with E-state index in [1.807, 2.05) is 6.92 Å². The Labute approximate surface area is 258 Å². The van der Waals surface area contributed by atoms with Crippen molar-refractivity contribution in [1.82, 2.24) is 10.2 Å². The number of carbonyl (C=O) groups excluding carboxylic acids is 2. The van der Waals surface area contributed by atoms with E-state index in [-0.39, 0.29) is 34.8 Å². The van der Waals surface area contributed by atoms with Gasteiger partial charge in [0.15, 0.2) is 0 Å². The summed E-state index contributed by atoms with van der Waals surface area (Å²) in [5.41, 5.74) is 1.71. The van der Waals surface area contributed by atoms with Gasteiger partial charge in [0.1, 0.15) is 24.1 Å². The van der Waals surface area contributed by atoms with Gasteiger partial charge in [-0.3, -0.25) is 13.9 Å². The van der Waals surface area contributed by atoms with Crippen molar-refractivity contribution in [2.75, 3.05) is 25.1 Å². The van der Waals surface area contributed by atoms with Crippen LogP contribution in [0.15, 0.2) is 71.6 Å². The molecule has 1 saturated carbocycles. The number of methoxy groups -OCH3 is 2. The number of amides is 2. The molecule has 3 aromatic rings. The van der Waals surface area contributed by atoms with Gasteiger partial charge < -0.3 is 19.7 Å². The lowest BCUT2D eigenvalue weighted by atomic mass is 10.1. The molecule has 0 unspecified atom stereocenters. The highest BCUT2D eigenvalue weighted by molar-refractivity contribution is 7.92. The molecule has 230 valence electrons. The zero-order valence-corrected chi connectivity index (χ0v) is 26.5. The lowest BCUT2D eigenvalue weighted by molar-refractivity contribution is -0.139. The fourth-order valence-corrected chi connectivity index (χ4v) is 6.78. The molecule has 43 heavy (non-hydrogen) atoms. The van der Waals surface area contributed by atoms with Gasteiger partial charge >= 0.3 is 0 Å². The summed E-state index contributed by atoms with van der Waals surface area (Å²) in [6.45, 7) is 2.96. The number of anilines is 1. The minimum absolute atomic E-state index is 0.00388. The number of nitrogens with zero attached hydrogens (tertiary/aromatic N) is 2. The Balaban J connectivity index is 1.76. The third-order valence-corrected chi connectivity index (χ3v) is 9.66. The molecule has 11 heteroatoms. The Kier molecular flexibility index (Phi) is 10.6. The van der Waals surface area contributed by atoms with E-state index in [0.29, 0.717) is 16.3 Å². The van der Waals surface area contributed by atoms with Crippen LogP contribution in [0.5, 0.6) is 11.5 Å². The minimum atomic E-state index is -4.27. The van der Waals surface area contributed by atoms with Gasteiger partial charge in [0.2, 0.25) is 11.8 Å². The van der Waals surface area contributed by atoms with Crippen LogP contribution < -0.4 is 19.1 Å². The van der Waals surface area contributed by atoms with E-state index in [4.69, 9.17) is 21.1 Å². The van der Waals surface area contributed by atoms with Crippen molar-refractivity contribution < 1.29 is 27.5 Å². The normalized spacial score (nSPS) is 14.2. The molecular formula is C32H38ClN3O6S. The summed E-state index contributed by atoms with van der Waals surface area (Å²) in [5, 5.41) is 3.55. The molecule has 1 aliphatic rings. The first-order valence-electron chi connectivity index (χ1n) is 14.2. The molecule has 1 N–H and O–H groups in total. The summed E-state index contributed by atoms with van der Waals surface area (Å²) in [5.74, 6) is -0.256. The monoisotopic (exact) mass is 627 g/mol. The second kappa shape index (κ2) is 14.1. The molecule has 1 atom stereocenters. The average molecular weight is 628 g/mol. The number of nitrogens with one attached hydrogen (secondary N) is 1. The van der Waals surface area contributed by atoms with Gasteiger partial charge in [0, 0.05) is 23.7 Å². The first kappa shape index (κ1) is 32.2. The second-order valence-corrected chi connectivity index (χ2v) is 13.0. The summed E-state index contributed by atoms with van der Waals surface area (Å²) in [6.07, 6.45) is 3.86. The molecular weight excluding hydrogens is 590 g/mol. The van der Waals surface area contributed by atoms with Crippen molar-refractivity contribution >= 4 is 39.1 Å². The van der Waals surface area contributed by atoms with E-state index in [1.165, 1.54) is 37.3 Å². The van der Waals surface area contributed by atoms with Crippen LogP contribution in [-0.4, -0.2) is 58.0 Å². The van der Waals surface area contributed by atoms with Crippen LogP contribution in [0.4, 0.5) is 5.69 Å². The first-order valence-corrected chi connectivity index (χ1v) is 16.0. The van der Waals surface area contributed by atoms with E-state index < -0.39 is 28.5 Å². The highest BCUT2D eigenvalue weighted by Crippen LogP contribution is 2.36. The molecule has 2 amide bonds. The lowest BCUT2D eigenvalue weighted by Crippen LogP contribution is -2.52. The molecule has 3 aromatic carbocycles. The van der Waals surface area contributed by atoms with Crippen molar-refractivity contribution in [2.45, 2.75) is 63.1 Å². The van der Waals surface area contributed by atoms with Crippen LogP contribution in [-0.2, 0) is 26.2 Å². The number of aryl methyl sites for hydroxylation is 1. The maximum atomic E-state index is 14.2. The van der Waals surface area contributed by atoms with E-state index in [9.17, 15) is 18.0 Å². The molecule has 9 nitrogen and oxygen atoms in total. The Bertz CT molecular complexity index is 1540. The molecule has 1 fully saturated rings. The van der Waals surface area contributed by atoms with Crippen molar-refractivity contribution in [3.63, 3.8) is 0 Å². The van der Waals surface area contributed by atoms with Crippen LogP contribution in [0.3, 0.4) is 0 Å². The maximum absolute atomic E-state index is 14.2. The smallest absolute Gasteiger partial charge is 0.264 e. The van der Waals surface area contributed by atoms with Gasteiger partial charge in [-0.15, -0.1) is 0 Å². The molecule has 0 aromatic heterocycles. The summed E-state index contributed by atoms with van der Waals surface area (Å²) in [7, 11) is -1.39. The highest BCUT2D eigenvalue weighted by atomic mass is 35.5. The van der Waals surface area contributed by atoms with E-state index >= 15 is 0 Å². The van der Waals surface area contributed by atoms with Crippen molar-refractivity contribution in [1.29, 1.82) is 0 Å². The Morgan fingerprint density at radius 2 is 1.70 bits per heavy atom. The fraction of sp³-hybridized carbons (Fsp3) is 0.375. The minimum Gasteiger partial charge on any atom is -0.497 e. The number of hydrogen-bond donors (Lipinski definition) is 1. The molecule has 0 saturated heterocycles. The lowest BCUT2D eigenvalue weighted by Gasteiger charge is -2.33. The number of hydrogen-bond acceptors (Lipinski definition) is 6. The quantitative estimate of drug-likeness (QED) is 0.291. The van der Waals surface area contributed by atoms with Crippen LogP contribution in [0.2, 0.25) is 5.02 Å². The van der Waals surface area contributed by atoms with Gasteiger partial charge in [0.05, 0.1) is 24.8 Å². The molecule has 0 radical (unpaired) electrons. The van der Waals surface area contributed by atoms with Crippen LogP contribution in [0, 0.1) is 6.92 Å². The summed E-state index contributed by atoms with van der Waals surface area (Å²) >= 11 is 6.23. The number of rotatable bonds is 12. The Hall–Kier alpha value is -3.76. The van der Waals surface area contributed by atoms with E-state index in [2.05, 4.69) is 5.32 Å². The predicted octanol–water partition coefficient (Wildman–Crippen LogP) is 5.34. The number of sulfonamides is 1. The van der Waals surface area contributed by atoms with Crippen molar-refractivity contribution in [3.05, 3.63) is 82.9 Å². The number of ether oxygens (including phenoxy) is 2. The Morgan fingerprint density at radius 1 is 1.00 bits per heavy atom. The van der Waals surface area contributed by atoms with E-state index in [1.54, 1.807) is 55.5 Å². The zero-order chi connectivity index (χ0) is 31.1. The standard InChI is InChI=1S/C32H38ClN3O6S/c1-22-12-15-28(16-13-22)43(39,40)36(29-19-27(41-3)14-17-30(29)42-4)21-31(37)35(20-24-8-7-9-25(33)18-24)23(2)32(38)34-26-10-5-6-11-26/h7-9,12-19,23,26H,5-6,10-11,20-21H2,1-4H3,(H,34,38)/t23-/m0/s1. The van der Waals surface area contributed by atoms with Gasteiger partial charge in [0.25, 0.3) is 10.0 Å². The zero-order valence-electron chi connectivity index (χ0n) is 24.9. The summed E-state index contributed by atoms with van der Waals surface area (Å²) in [6, 6.07) is 17.3. The average Bonchev–Trinajstić information content (AvgIpc) is 3.51. The fourth-order valence-electron chi connectivity index (χ4n) is 5.15. The number of carbonyl (C=O) groups is 2. The topological polar surface area (TPSA) is 105 Å². The molecule has 0 aliphatic heterocycles. The second-order valence-electron chi connectivity index (χ2n) is 10.7. The van der Waals surface area contributed by atoms with Crippen LogP contribution >= 0.6 is 11.6 Å². The SMILES string of the molecule is COc1ccc(OC)c(N(CC(=O)N(Cc2cccc(Cl)c2)[C@@H](C)C(=O)NC2CCCC2)S(=O)(=O)c2ccc(C)cc2)c1. The number of benzene rings is 3. The maximum Gasteiger partial charge on any atom is 0.264 e. The molecule has 0 heterocycles. The van der Waals surface area contributed by atoms with E-state index in [0.717, 1.165) is 35.6 Å². The van der Waals surface area contributed by atoms with Gasteiger partial charge in [-0.2, -0.15) is 0 Å². The van der Waals surface area contributed by atoms with Crippen LogP contribution in [0.25, 0.3) is 0 Å². The third kappa shape index (κ3) is 7.80. The summed E-state index contributed by atoms with van der Waals surface area (Å²) < 4.78 is 40.2. The van der Waals surface area contributed by atoms with Gasteiger partial charge in [-0.05, 0) is 68.7 Å². The number of halogens is 1. The first-order chi connectivity index (χ1) is 20.5. The van der Waals surface area contributed by atoms with Gasteiger partial charge in [-0.25, -0.2) is 8.42 Å². The predicted molar refractivity (Wildman–Crippen MR) is 167 cm³/mol. The molecule has 0 spiro atoms. The highest BCUT2D eigenvalue weighted by Gasteiger charge is 2.34. The van der Waals surface area contributed by atoms with Crippen molar-refractivity contribution in [2.24, 2.45) is 0 Å². The van der Waals surface area contributed by atoms with Gasteiger partial charge in [-0.1, -0.05) is 54.3 Å². The largest absolute Gasteiger partial charge is 0.497 e. The van der Waals surface area contributed by atoms with Crippen molar-refractivity contribution in [3.8, 4) is 11.5 Å². The summed E-state index contributed by atoms with van der Waals surface area (Å²) in [4.78, 5) is 29.0. The molecule has 1 aliphatic carbocycles.